The number of carbonyl (C=O) groups is 1. The topological polar surface area (TPSA) is 47.6 Å². The largest absolute Gasteiger partial charge is 0.493 e. The molecule has 0 bridgehead atoms. The van der Waals surface area contributed by atoms with Crippen LogP contribution in [0.4, 0.5) is 14.5 Å². The molecule has 0 unspecified atom stereocenters. The molecule has 0 fully saturated rings. The van der Waals surface area contributed by atoms with Crippen LogP contribution in [0.3, 0.4) is 0 Å². The second-order valence-corrected chi connectivity index (χ2v) is 5.17. The van der Waals surface area contributed by atoms with Crippen LogP contribution in [0.2, 0.25) is 10.0 Å². The van der Waals surface area contributed by atoms with Crippen molar-refractivity contribution in [1.82, 2.24) is 0 Å². The zero-order valence-corrected chi connectivity index (χ0v) is 13.3. The molecule has 0 radical (unpaired) electrons. The summed E-state index contributed by atoms with van der Waals surface area (Å²) >= 11 is 11.8. The average Bonchev–Trinajstić information content (AvgIpc) is 2.49. The first kappa shape index (κ1) is 17.3. The number of halogens is 4. The molecule has 0 aliphatic rings. The fourth-order valence-electron chi connectivity index (χ4n) is 1.79. The third kappa shape index (κ3) is 4.46. The Labute approximate surface area is 140 Å². The summed E-state index contributed by atoms with van der Waals surface area (Å²) < 4.78 is 33.8. The molecule has 2 aromatic rings. The molecule has 2 rings (SSSR count). The lowest BCUT2D eigenvalue weighted by Gasteiger charge is -2.12. The van der Waals surface area contributed by atoms with E-state index in [0.717, 1.165) is 0 Å². The lowest BCUT2D eigenvalue weighted by molar-refractivity contribution is -0.0512. The molecule has 122 valence electrons. The highest BCUT2D eigenvalue weighted by molar-refractivity contribution is 6.36. The van der Waals surface area contributed by atoms with Gasteiger partial charge in [0.05, 0.1) is 17.8 Å². The maximum Gasteiger partial charge on any atom is 0.387 e. The molecule has 0 heterocycles. The highest BCUT2D eigenvalue weighted by Crippen LogP contribution is 2.30. The molecule has 0 saturated carbocycles. The molecule has 8 heteroatoms. The van der Waals surface area contributed by atoms with Crippen LogP contribution in [0.15, 0.2) is 36.4 Å². The number of nitrogens with one attached hydrogen (secondary N) is 1. The highest BCUT2D eigenvalue weighted by Gasteiger charge is 2.15. The number of methoxy groups -OCH3 is 1. The lowest BCUT2D eigenvalue weighted by atomic mass is 10.2. The number of anilines is 1. The summed E-state index contributed by atoms with van der Waals surface area (Å²) in [5.74, 6) is -0.639. The first-order valence-electron chi connectivity index (χ1n) is 6.30. The molecule has 1 N–H and O–H groups in total. The number of ether oxygens (including phenoxy) is 2. The molecule has 23 heavy (non-hydrogen) atoms. The highest BCUT2D eigenvalue weighted by atomic mass is 35.5. The summed E-state index contributed by atoms with van der Waals surface area (Å²) in [6.07, 6.45) is 0. The fraction of sp³-hybridized carbons (Fsp3) is 0.133. The lowest BCUT2D eigenvalue weighted by Crippen LogP contribution is -2.13. The van der Waals surface area contributed by atoms with E-state index in [1.54, 1.807) is 12.1 Å². The second-order valence-electron chi connectivity index (χ2n) is 4.32. The Hall–Kier alpha value is -2.05. The molecular weight excluding hydrogens is 351 g/mol. The van der Waals surface area contributed by atoms with Gasteiger partial charge in [-0.15, -0.1) is 0 Å². The van der Waals surface area contributed by atoms with Crippen molar-refractivity contribution in [3.05, 3.63) is 52.0 Å². The summed E-state index contributed by atoms with van der Waals surface area (Å²) in [6.45, 7) is -2.99. The van der Waals surface area contributed by atoms with Crippen LogP contribution >= 0.6 is 23.2 Å². The number of benzene rings is 2. The maximum atomic E-state index is 12.3. The number of alkyl halides is 2. The third-order valence-corrected chi connectivity index (χ3v) is 3.37. The number of carbonyl (C=O) groups excluding carboxylic acids is 1. The molecule has 0 saturated heterocycles. The van der Waals surface area contributed by atoms with E-state index in [0.29, 0.717) is 10.7 Å². The summed E-state index contributed by atoms with van der Waals surface area (Å²) in [4.78, 5) is 12.2. The van der Waals surface area contributed by atoms with E-state index in [-0.39, 0.29) is 22.1 Å². The van der Waals surface area contributed by atoms with Crippen molar-refractivity contribution in [2.75, 3.05) is 12.4 Å². The van der Waals surface area contributed by atoms with Crippen molar-refractivity contribution in [3.63, 3.8) is 0 Å². The van der Waals surface area contributed by atoms with Crippen LogP contribution in [0.1, 0.15) is 10.4 Å². The van der Waals surface area contributed by atoms with Gasteiger partial charge in [-0.1, -0.05) is 23.2 Å². The molecule has 0 aliphatic heterocycles. The summed E-state index contributed by atoms with van der Waals surface area (Å²) in [5.41, 5.74) is 0.558. The van der Waals surface area contributed by atoms with E-state index in [4.69, 9.17) is 27.9 Å². The van der Waals surface area contributed by atoms with Crippen LogP contribution in [0.5, 0.6) is 11.5 Å². The Kier molecular flexibility index (Phi) is 5.63. The molecular formula is C15H11Cl2F2NO3. The van der Waals surface area contributed by atoms with Crippen molar-refractivity contribution >= 4 is 34.8 Å². The Balaban J connectivity index is 2.22. The van der Waals surface area contributed by atoms with E-state index < -0.39 is 12.5 Å². The molecule has 0 aliphatic carbocycles. The first-order valence-corrected chi connectivity index (χ1v) is 7.05. The van der Waals surface area contributed by atoms with Gasteiger partial charge >= 0.3 is 6.61 Å². The smallest absolute Gasteiger partial charge is 0.387 e. The Morgan fingerprint density at radius 2 is 1.87 bits per heavy atom. The van der Waals surface area contributed by atoms with E-state index in [1.807, 2.05) is 0 Å². The van der Waals surface area contributed by atoms with Gasteiger partial charge in [0.2, 0.25) is 0 Å². The first-order chi connectivity index (χ1) is 10.9. The van der Waals surface area contributed by atoms with Gasteiger partial charge in [-0.2, -0.15) is 8.78 Å². The average molecular weight is 362 g/mol. The third-order valence-electron chi connectivity index (χ3n) is 2.82. The summed E-state index contributed by atoms with van der Waals surface area (Å²) in [5, 5.41) is 3.30. The minimum Gasteiger partial charge on any atom is -0.493 e. The van der Waals surface area contributed by atoms with Gasteiger partial charge in [0.1, 0.15) is 0 Å². The SMILES string of the molecule is COc1cc(C(=O)Nc2ccc(Cl)cc2Cl)ccc1OC(F)F. The number of rotatable bonds is 5. The predicted octanol–water partition coefficient (Wildman–Crippen LogP) is 4.86. The van der Waals surface area contributed by atoms with Crippen LogP contribution < -0.4 is 14.8 Å². The van der Waals surface area contributed by atoms with E-state index >= 15 is 0 Å². The number of amides is 1. The summed E-state index contributed by atoms with van der Waals surface area (Å²) in [7, 11) is 1.28. The standard InChI is InChI=1S/C15H11Cl2F2NO3/c1-22-13-6-8(2-5-12(13)23-15(18)19)14(21)20-11-4-3-9(16)7-10(11)17/h2-7,15H,1H3,(H,20,21). The minimum atomic E-state index is -2.99. The zero-order chi connectivity index (χ0) is 17.0. The van der Waals surface area contributed by atoms with E-state index in [9.17, 15) is 13.6 Å². The van der Waals surface area contributed by atoms with Crippen molar-refractivity contribution < 1.29 is 23.0 Å². The molecule has 4 nitrogen and oxygen atoms in total. The second kappa shape index (κ2) is 7.48. The Morgan fingerprint density at radius 3 is 2.48 bits per heavy atom. The van der Waals surface area contributed by atoms with Crippen LogP contribution in [-0.2, 0) is 0 Å². The molecule has 2 aromatic carbocycles. The summed E-state index contributed by atoms with van der Waals surface area (Å²) in [6, 6.07) is 8.45. The molecule has 0 aromatic heterocycles. The van der Waals surface area contributed by atoms with Gasteiger partial charge in [0.25, 0.3) is 5.91 Å². The van der Waals surface area contributed by atoms with Crippen LogP contribution in [0, 0.1) is 0 Å². The Morgan fingerprint density at radius 1 is 1.13 bits per heavy atom. The number of hydrogen-bond acceptors (Lipinski definition) is 3. The molecule has 1 amide bonds. The zero-order valence-electron chi connectivity index (χ0n) is 11.8. The maximum absolute atomic E-state index is 12.3. The monoisotopic (exact) mass is 361 g/mol. The quantitative estimate of drug-likeness (QED) is 0.827. The van der Waals surface area contributed by atoms with E-state index in [2.05, 4.69) is 10.1 Å². The van der Waals surface area contributed by atoms with Gasteiger partial charge in [0.15, 0.2) is 11.5 Å². The Bertz CT molecular complexity index is 726. The van der Waals surface area contributed by atoms with Crippen LogP contribution in [0.25, 0.3) is 0 Å². The fourth-order valence-corrected chi connectivity index (χ4v) is 2.24. The van der Waals surface area contributed by atoms with Crippen molar-refractivity contribution in [2.24, 2.45) is 0 Å². The van der Waals surface area contributed by atoms with Gasteiger partial charge in [-0.3, -0.25) is 4.79 Å². The van der Waals surface area contributed by atoms with Crippen molar-refractivity contribution in [3.8, 4) is 11.5 Å². The predicted molar refractivity (Wildman–Crippen MR) is 84.0 cm³/mol. The van der Waals surface area contributed by atoms with Gasteiger partial charge in [0, 0.05) is 10.6 Å². The molecule has 0 spiro atoms. The van der Waals surface area contributed by atoms with Gasteiger partial charge in [-0.05, 0) is 36.4 Å². The van der Waals surface area contributed by atoms with Crippen molar-refractivity contribution in [1.29, 1.82) is 0 Å². The van der Waals surface area contributed by atoms with Gasteiger partial charge in [-0.25, -0.2) is 0 Å². The van der Waals surface area contributed by atoms with Crippen molar-refractivity contribution in [2.45, 2.75) is 6.61 Å². The number of hydrogen-bond donors (Lipinski definition) is 1. The molecule has 0 atom stereocenters. The van der Waals surface area contributed by atoms with Crippen LogP contribution in [-0.4, -0.2) is 19.6 Å². The minimum absolute atomic E-state index is 0.0140. The van der Waals surface area contributed by atoms with Gasteiger partial charge < -0.3 is 14.8 Å². The normalized spacial score (nSPS) is 10.5. The van der Waals surface area contributed by atoms with E-state index in [1.165, 1.54) is 31.4 Å².